The Morgan fingerprint density at radius 2 is 2.00 bits per heavy atom. The Kier molecular flexibility index (Phi) is 3.40. The van der Waals surface area contributed by atoms with Crippen molar-refractivity contribution in [2.75, 3.05) is 0 Å². The van der Waals surface area contributed by atoms with Crippen LogP contribution >= 0.6 is 0 Å². The molecule has 0 bridgehead atoms. The quantitative estimate of drug-likeness (QED) is 0.774. The van der Waals surface area contributed by atoms with E-state index in [9.17, 15) is 4.79 Å². The summed E-state index contributed by atoms with van der Waals surface area (Å²) < 4.78 is 7.44. The van der Waals surface area contributed by atoms with Crippen molar-refractivity contribution in [3.8, 4) is 0 Å². The molecule has 19 heavy (non-hydrogen) atoms. The van der Waals surface area contributed by atoms with Crippen molar-refractivity contribution >= 4 is 16.9 Å². The first-order valence-electron chi connectivity index (χ1n) is 6.53. The van der Waals surface area contributed by atoms with Gasteiger partial charge >= 0.3 is 5.97 Å². The Labute approximate surface area is 114 Å². The average Bonchev–Trinajstić information content (AvgIpc) is 2.51. The van der Waals surface area contributed by atoms with Crippen LogP contribution < -0.4 is 0 Å². The first kappa shape index (κ1) is 13.7. The molecule has 0 aliphatic carbocycles. The molecule has 1 aromatic heterocycles. The summed E-state index contributed by atoms with van der Waals surface area (Å²) in [7, 11) is 2.03. The minimum atomic E-state index is -0.427. The third-order valence-corrected chi connectivity index (χ3v) is 3.02. The number of benzene rings is 1. The summed E-state index contributed by atoms with van der Waals surface area (Å²) in [5.74, 6) is -0.180. The lowest BCUT2D eigenvalue weighted by molar-refractivity contribution is -0.153. The van der Waals surface area contributed by atoms with E-state index in [1.54, 1.807) is 0 Å². The molecule has 3 heteroatoms. The van der Waals surface area contributed by atoms with E-state index in [-0.39, 0.29) is 5.97 Å². The number of nitrogens with zero attached hydrogens (tertiary/aromatic N) is 1. The first-order valence-corrected chi connectivity index (χ1v) is 6.53. The van der Waals surface area contributed by atoms with Crippen molar-refractivity contribution in [2.24, 2.45) is 7.05 Å². The molecule has 0 saturated carbocycles. The third kappa shape index (κ3) is 3.16. The summed E-state index contributed by atoms with van der Waals surface area (Å²) in [6.45, 7) is 7.74. The van der Waals surface area contributed by atoms with Crippen LogP contribution in [0.3, 0.4) is 0 Å². The summed E-state index contributed by atoms with van der Waals surface area (Å²) in [5.41, 5.74) is 2.98. The molecule has 0 fully saturated rings. The average molecular weight is 259 g/mol. The van der Waals surface area contributed by atoms with Gasteiger partial charge in [-0.05, 0) is 51.0 Å². The summed E-state index contributed by atoms with van der Waals surface area (Å²) >= 11 is 0. The Bertz CT molecular complexity index is 617. The Balaban J connectivity index is 2.22. The standard InChI is InChI=1S/C16H21NO2/c1-11-10-17(5)14-7-6-12(8-13(11)14)9-15(18)19-16(2,3)4/h6-8,10H,9H2,1-5H3. The van der Waals surface area contributed by atoms with Gasteiger partial charge in [0, 0.05) is 24.1 Å². The minimum absolute atomic E-state index is 0.180. The molecule has 0 spiro atoms. The fraction of sp³-hybridized carbons (Fsp3) is 0.438. The van der Waals surface area contributed by atoms with Gasteiger partial charge in [-0.15, -0.1) is 0 Å². The van der Waals surface area contributed by atoms with Crippen molar-refractivity contribution in [3.63, 3.8) is 0 Å². The Morgan fingerprint density at radius 3 is 2.63 bits per heavy atom. The second-order valence-electron chi connectivity index (χ2n) is 6.04. The summed E-state index contributed by atoms with van der Waals surface area (Å²) in [5, 5.41) is 1.20. The highest BCUT2D eigenvalue weighted by atomic mass is 16.6. The molecule has 1 aromatic carbocycles. The van der Waals surface area contributed by atoms with Crippen LogP contribution in [0, 0.1) is 6.92 Å². The number of carbonyl (C=O) groups excluding carboxylic acids is 1. The van der Waals surface area contributed by atoms with Crippen LogP contribution in [-0.2, 0) is 23.0 Å². The molecule has 0 saturated heterocycles. The normalized spacial score (nSPS) is 11.8. The Morgan fingerprint density at radius 1 is 1.32 bits per heavy atom. The van der Waals surface area contributed by atoms with Gasteiger partial charge in [-0.1, -0.05) is 6.07 Å². The van der Waals surface area contributed by atoms with E-state index >= 15 is 0 Å². The van der Waals surface area contributed by atoms with E-state index in [0.717, 1.165) is 5.56 Å². The number of aryl methyl sites for hydroxylation is 2. The molecule has 0 N–H and O–H groups in total. The van der Waals surface area contributed by atoms with Gasteiger partial charge in [0.15, 0.2) is 0 Å². The molecule has 2 aromatic rings. The number of aromatic nitrogens is 1. The highest BCUT2D eigenvalue weighted by molar-refractivity contribution is 5.85. The summed E-state index contributed by atoms with van der Waals surface area (Å²) in [4.78, 5) is 11.8. The maximum atomic E-state index is 11.8. The molecule has 3 nitrogen and oxygen atoms in total. The zero-order valence-electron chi connectivity index (χ0n) is 12.3. The fourth-order valence-electron chi connectivity index (χ4n) is 2.29. The van der Waals surface area contributed by atoms with Crippen molar-refractivity contribution in [1.29, 1.82) is 0 Å². The van der Waals surface area contributed by atoms with E-state index in [1.165, 1.54) is 16.5 Å². The molecule has 0 unspecified atom stereocenters. The Hall–Kier alpha value is -1.77. The van der Waals surface area contributed by atoms with Gasteiger partial charge in [-0.2, -0.15) is 0 Å². The monoisotopic (exact) mass is 259 g/mol. The SMILES string of the molecule is Cc1cn(C)c2ccc(CC(=O)OC(C)(C)C)cc12. The van der Waals surface area contributed by atoms with Gasteiger partial charge in [0.25, 0.3) is 0 Å². The molecular formula is C16H21NO2. The van der Waals surface area contributed by atoms with Crippen LogP contribution in [0.4, 0.5) is 0 Å². The molecule has 2 rings (SSSR count). The summed E-state index contributed by atoms with van der Waals surface area (Å²) in [6.07, 6.45) is 2.42. The lowest BCUT2D eigenvalue weighted by atomic mass is 10.1. The van der Waals surface area contributed by atoms with Crippen molar-refractivity contribution in [3.05, 3.63) is 35.5 Å². The van der Waals surface area contributed by atoms with Gasteiger partial charge < -0.3 is 9.30 Å². The molecule has 0 amide bonds. The van der Waals surface area contributed by atoms with Crippen molar-refractivity contribution < 1.29 is 9.53 Å². The van der Waals surface area contributed by atoms with E-state index in [2.05, 4.69) is 29.8 Å². The number of fused-ring (bicyclic) bond motifs is 1. The van der Waals surface area contributed by atoms with Crippen LogP contribution in [0.1, 0.15) is 31.9 Å². The minimum Gasteiger partial charge on any atom is -0.460 e. The molecule has 0 aliphatic heterocycles. The van der Waals surface area contributed by atoms with Crippen molar-refractivity contribution in [1.82, 2.24) is 4.57 Å². The van der Waals surface area contributed by atoms with Gasteiger partial charge in [0.05, 0.1) is 6.42 Å². The first-order chi connectivity index (χ1) is 8.76. The van der Waals surface area contributed by atoms with Gasteiger partial charge in [-0.25, -0.2) is 0 Å². The molecule has 0 aliphatic rings. The van der Waals surface area contributed by atoms with Crippen molar-refractivity contribution in [2.45, 2.75) is 39.7 Å². The maximum absolute atomic E-state index is 11.8. The predicted molar refractivity (Wildman–Crippen MR) is 77.2 cm³/mol. The van der Waals surface area contributed by atoms with E-state index in [0.29, 0.717) is 6.42 Å². The number of esters is 1. The number of hydrogen-bond acceptors (Lipinski definition) is 2. The van der Waals surface area contributed by atoms with E-state index in [1.807, 2.05) is 33.9 Å². The van der Waals surface area contributed by atoms with Crippen LogP contribution in [0.15, 0.2) is 24.4 Å². The molecule has 0 radical (unpaired) electrons. The lowest BCUT2D eigenvalue weighted by Gasteiger charge is -2.19. The van der Waals surface area contributed by atoms with Crippen LogP contribution in [0.5, 0.6) is 0 Å². The number of rotatable bonds is 2. The number of hydrogen-bond donors (Lipinski definition) is 0. The highest BCUT2D eigenvalue weighted by Gasteiger charge is 2.16. The highest BCUT2D eigenvalue weighted by Crippen LogP contribution is 2.22. The zero-order valence-corrected chi connectivity index (χ0v) is 12.3. The van der Waals surface area contributed by atoms with Gasteiger partial charge in [0.2, 0.25) is 0 Å². The fourth-order valence-corrected chi connectivity index (χ4v) is 2.29. The number of carbonyl (C=O) groups is 1. The topological polar surface area (TPSA) is 31.2 Å². The van der Waals surface area contributed by atoms with Crippen LogP contribution in [0.25, 0.3) is 10.9 Å². The molecule has 0 atom stereocenters. The lowest BCUT2D eigenvalue weighted by Crippen LogP contribution is -2.24. The van der Waals surface area contributed by atoms with E-state index < -0.39 is 5.60 Å². The second-order valence-corrected chi connectivity index (χ2v) is 6.04. The number of ether oxygens (including phenoxy) is 1. The van der Waals surface area contributed by atoms with Gasteiger partial charge in [-0.3, -0.25) is 4.79 Å². The molecule has 1 heterocycles. The molecular weight excluding hydrogens is 238 g/mol. The largest absolute Gasteiger partial charge is 0.460 e. The summed E-state index contributed by atoms with van der Waals surface area (Å²) in [6, 6.07) is 6.13. The second kappa shape index (κ2) is 4.72. The third-order valence-electron chi connectivity index (χ3n) is 3.02. The maximum Gasteiger partial charge on any atom is 0.310 e. The van der Waals surface area contributed by atoms with Gasteiger partial charge in [0.1, 0.15) is 5.60 Å². The predicted octanol–water partition coefficient (Wildman–Crippen LogP) is 3.37. The van der Waals surface area contributed by atoms with E-state index in [4.69, 9.17) is 4.74 Å². The van der Waals surface area contributed by atoms with Crippen LogP contribution in [0.2, 0.25) is 0 Å². The van der Waals surface area contributed by atoms with Crippen LogP contribution in [-0.4, -0.2) is 16.1 Å². The smallest absolute Gasteiger partial charge is 0.310 e. The zero-order chi connectivity index (χ0) is 14.2. The molecule has 102 valence electrons.